The van der Waals surface area contributed by atoms with Crippen LogP contribution in [0.3, 0.4) is 0 Å². The van der Waals surface area contributed by atoms with Gasteiger partial charge in [-0.2, -0.15) is 0 Å². The summed E-state index contributed by atoms with van der Waals surface area (Å²) in [5, 5.41) is -0.318. The van der Waals surface area contributed by atoms with Gasteiger partial charge in [-0.25, -0.2) is 8.42 Å². The standard InChI is InChI=1S/C24H37NO4S/c1-17(2)30(27,28)16-20-8-10-22(11-9-20)24(26)13-21-6-5-7-23(12-21)25-14-18(3)29-19(4)15-25/h5-7,12,17-20,22H,8-11,13-16H2,1-4H3/t18-,19+,20?,22?. The van der Waals surface area contributed by atoms with Crippen LogP contribution in [-0.2, 0) is 25.8 Å². The molecule has 168 valence electrons. The minimum absolute atomic E-state index is 0.0649. The van der Waals surface area contributed by atoms with Crippen LogP contribution in [0.4, 0.5) is 5.69 Å². The number of nitrogens with zero attached hydrogens (tertiary/aromatic N) is 1. The van der Waals surface area contributed by atoms with E-state index in [2.05, 4.69) is 30.9 Å². The fourth-order valence-corrected chi connectivity index (χ4v) is 6.14. The number of rotatable bonds is 7. The molecular weight excluding hydrogens is 398 g/mol. The average Bonchev–Trinajstić information content (AvgIpc) is 2.67. The van der Waals surface area contributed by atoms with Gasteiger partial charge >= 0.3 is 0 Å². The number of benzene rings is 1. The Morgan fingerprint density at radius 1 is 1.10 bits per heavy atom. The predicted molar refractivity (Wildman–Crippen MR) is 122 cm³/mol. The van der Waals surface area contributed by atoms with Gasteiger partial charge in [0, 0.05) is 31.1 Å². The summed E-state index contributed by atoms with van der Waals surface area (Å²) in [6.07, 6.45) is 4.17. The monoisotopic (exact) mass is 435 g/mol. The van der Waals surface area contributed by atoms with E-state index < -0.39 is 9.84 Å². The molecule has 5 nitrogen and oxygen atoms in total. The summed E-state index contributed by atoms with van der Waals surface area (Å²) < 4.78 is 30.2. The van der Waals surface area contributed by atoms with Crippen LogP contribution in [0.1, 0.15) is 58.9 Å². The van der Waals surface area contributed by atoms with Gasteiger partial charge in [0.2, 0.25) is 0 Å². The fraction of sp³-hybridized carbons (Fsp3) is 0.708. The third-order valence-electron chi connectivity index (χ3n) is 6.56. The van der Waals surface area contributed by atoms with E-state index >= 15 is 0 Å². The van der Waals surface area contributed by atoms with Gasteiger partial charge in [-0.05, 0) is 77.0 Å². The Balaban J connectivity index is 1.54. The Bertz CT molecular complexity index is 817. The van der Waals surface area contributed by atoms with Gasteiger partial charge in [-0.3, -0.25) is 4.79 Å². The van der Waals surface area contributed by atoms with Crippen molar-refractivity contribution in [1.82, 2.24) is 0 Å². The summed E-state index contributed by atoms with van der Waals surface area (Å²) in [4.78, 5) is 15.2. The molecule has 0 radical (unpaired) electrons. The Morgan fingerprint density at radius 2 is 1.73 bits per heavy atom. The van der Waals surface area contributed by atoms with Crippen molar-refractivity contribution in [1.29, 1.82) is 0 Å². The lowest BCUT2D eigenvalue weighted by atomic mass is 9.79. The molecule has 1 saturated heterocycles. The highest BCUT2D eigenvalue weighted by molar-refractivity contribution is 7.91. The van der Waals surface area contributed by atoms with Crippen LogP contribution in [0.15, 0.2) is 24.3 Å². The number of carbonyl (C=O) groups is 1. The number of Topliss-reactive ketones (excluding diaryl/α,β-unsaturated/α-hetero) is 1. The van der Waals surface area contributed by atoms with Crippen LogP contribution in [-0.4, -0.2) is 50.5 Å². The van der Waals surface area contributed by atoms with Gasteiger partial charge in [-0.15, -0.1) is 0 Å². The molecule has 0 amide bonds. The lowest BCUT2D eigenvalue weighted by Gasteiger charge is -2.37. The van der Waals surface area contributed by atoms with Gasteiger partial charge < -0.3 is 9.64 Å². The Kier molecular flexibility index (Phi) is 7.61. The van der Waals surface area contributed by atoms with Crippen molar-refractivity contribution in [3.63, 3.8) is 0 Å². The van der Waals surface area contributed by atoms with Gasteiger partial charge in [0.15, 0.2) is 9.84 Å². The molecule has 2 fully saturated rings. The number of anilines is 1. The molecule has 30 heavy (non-hydrogen) atoms. The number of hydrogen-bond donors (Lipinski definition) is 0. The molecule has 2 atom stereocenters. The van der Waals surface area contributed by atoms with Gasteiger partial charge in [0.25, 0.3) is 0 Å². The first-order valence-electron chi connectivity index (χ1n) is 11.4. The van der Waals surface area contributed by atoms with E-state index in [1.165, 1.54) is 0 Å². The largest absolute Gasteiger partial charge is 0.372 e. The highest BCUT2D eigenvalue weighted by atomic mass is 32.2. The molecule has 1 aliphatic heterocycles. The van der Waals surface area contributed by atoms with E-state index in [0.29, 0.717) is 12.2 Å². The Labute approximate surface area is 182 Å². The number of ether oxygens (including phenoxy) is 1. The van der Waals surface area contributed by atoms with Crippen molar-refractivity contribution < 1.29 is 17.9 Å². The van der Waals surface area contributed by atoms with E-state index in [1.54, 1.807) is 13.8 Å². The van der Waals surface area contributed by atoms with Gasteiger partial charge in [0.05, 0.1) is 23.2 Å². The fourth-order valence-electron chi connectivity index (χ4n) is 4.77. The maximum absolute atomic E-state index is 12.9. The van der Waals surface area contributed by atoms with E-state index in [0.717, 1.165) is 50.0 Å². The third kappa shape index (κ3) is 6.07. The summed E-state index contributed by atoms with van der Waals surface area (Å²) >= 11 is 0. The lowest BCUT2D eigenvalue weighted by molar-refractivity contribution is -0.123. The second kappa shape index (κ2) is 9.82. The highest BCUT2D eigenvalue weighted by Crippen LogP contribution is 2.32. The second-order valence-electron chi connectivity index (χ2n) is 9.57. The minimum atomic E-state index is -3.01. The molecule has 3 rings (SSSR count). The zero-order valence-electron chi connectivity index (χ0n) is 18.8. The predicted octanol–water partition coefficient (Wildman–Crippen LogP) is 4.04. The van der Waals surface area contributed by atoms with Crippen molar-refractivity contribution in [2.24, 2.45) is 11.8 Å². The number of morpholine rings is 1. The van der Waals surface area contributed by atoms with Crippen LogP contribution < -0.4 is 4.90 Å². The van der Waals surface area contributed by atoms with Crippen molar-refractivity contribution >= 4 is 21.3 Å². The first-order valence-corrected chi connectivity index (χ1v) is 13.1. The average molecular weight is 436 g/mol. The third-order valence-corrected chi connectivity index (χ3v) is 8.93. The Morgan fingerprint density at radius 3 is 2.33 bits per heavy atom. The van der Waals surface area contributed by atoms with Crippen molar-refractivity contribution in [3.05, 3.63) is 29.8 Å². The molecule has 1 aromatic carbocycles. The smallest absolute Gasteiger partial charge is 0.152 e. The summed E-state index contributed by atoms with van der Waals surface area (Å²) in [5.74, 6) is 0.829. The molecule has 1 saturated carbocycles. The first-order chi connectivity index (χ1) is 14.1. The maximum Gasteiger partial charge on any atom is 0.152 e. The number of carbonyl (C=O) groups excluding carboxylic acids is 1. The van der Waals surface area contributed by atoms with Crippen LogP contribution in [0.2, 0.25) is 0 Å². The van der Waals surface area contributed by atoms with Crippen molar-refractivity contribution in [3.8, 4) is 0 Å². The Hall–Kier alpha value is -1.40. The molecule has 0 unspecified atom stereocenters. The normalized spacial score (nSPS) is 28.0. The van der Waals surface area contributed by atoms with Crippen molar-refractivity contribution in [2.45, 2.75) is 77.3 Å². The molecule has 1 aliphatic carbocycles. The molecular formula is C24H37NO4S. The minimum Gasteiger partial charge on any atom is -0.372 e. The molecule has 0 bridgehead atoms. The SMILES string of the molecule is CC(C)S(=O)(=O)CC1CCC(C(=O)Cc2cccc(N3C[C@@H](C)O[C@@H](C)C3)c2)CC1. The van der Waals surface area contributed by atoms with Gasteiger partial charge in [-0.1, -0.05) is 12.1 Å². The molecule has 6 heteroatoms. The topological polar surface area (TPSA) is 63.7 Å². The molecule has 0 spiro atoms. The number of ketones is 1. The van der Waals surface area contributed by atoms with Crippen LogP contribution >= 0.6 is 0 Å². The second-order valence-corrected chi connectivity index (χ2v) is 12.2. The molecule has 1 aromatic rings. The lowest BCUT2D eigenvalue weighted by Crippen LogP contribution is -2.45. The van der Waals surface area contributed by atoms with Crippen LogP contribution in [0.5, 0.6) is 0 Å². The zero-order chi connectivity index (χ0) is 21.9. The van der Waals surface area contributed by atoms with Crippen LogP contribution in [0, 0.1) is 11.8 Å². The zero-order valence-corrected chi connectivity index (χ0v) is 19.7. The van der Waals surface area contributed by atoms with E-state index in [1.807, 2.05) is 12.1 Å². The summed E-state index contributed by atoms with van der Waals surface area (Å²) in [7, 11) is -3.01. The molecule has 2 aliphatic rings. The first kappa shape index (κ1) is 23.3. The van der Waals surface area contributed by atoms with Crippen molar-refractivity contribution in [2.75, 3.05) is 23.7 Å². The summed E-state index contributed by atoms with van der Waals surface area (Å²) in [5.41, 5.74) is 2.22. The van der Waals surface area contributed by atoms with E-state index in [9.17, 15) is 13.2 Å². The molecule has 1 heterocycles. The molecule has 0 N–H and O–H groups in total. The van der Waals surface area contributed by atoms with E-state index in [4.69, 9.17) is 4.74 Å². The number of hydrogen-bond acceptors (Lipinski definition) is 5. The summed E-state index contributed by atoms with van der Waals surface area (Å²) in [6, 6.07) is 8.33. The van der Waals surface area contributed by atoms with E-state index in [-0.39, 0.29) is 35.0 Å². The highest BCUT2D eigenvalue weighted by Gasteiger charge is 2.30. The molecule has 0 aromatic heterocycles. The van der Waals surface area contributed by atoms with Gasteiger partial charge in [0.1, 0.15) is 5.78 Å². The summed E-state index contributed by atoms with van der Waals surface area (Å²) in [6.45, 7) is 9.42. The van der Waals surface area contributed by atoms with Crippen LogP contribution in [0.25, 0.3) is 0 Å². The maximum atomic E-state index is 12.9. The quantitative estimate of drug-likeness (QED) is 0.647. The number of sulfone groups is 1.